The summed E-state index contributed by atoms with van der Waals surface area (Å²) in [6, 6.07) is 0. The van der Waals surface area contributed by atoms with Crippen LogP contribution >= 0.6 is 11.3 Å². The Balaban J connectivity index is 1.92. The van der Waals surface area contributed by atoms with Crippen LogP contribution in [0.1, 0.15) is 39.3 Å². The quantitative estimate of drug-likeness (QED) is 0.907. The largest absolute Gasteiger partial charge is 0.444 e. The van der Waals surface area contributed by atoms with Gasteiger partial charge in [-0.25, -0.2) is 9.78 Å². The van der Waals surface area contributed by atoms with E-state index >= 15 is 0 Å². The van der Waals surface area contributed by atoms with Crippen LogP contribution in [0, 0.1) is 12.8 Å². The second-order valence-corrected chi connectivity index (χ2v) is 7.41. The van der Waals surface area contributed by atoms with Gasteiger partial charge in [-0.15, -0.1) is 11.3 Å². The summed E-state index contributed by atoms with van der Waals surface area (Å²) in [4.78, 5) is 30.3. The molecular formula is C15H23N3O3S. The fourth-order valence-corrected chi connectivity index (χ4v) is 2.99. The molecule has 1 aliphatic rings. The standard InChI is InChI=1S/C15H23N3O3S/c1-10-9-22-13(16-10)17-12(19)11-6-5-7-18(8-11)14(20)21-15(2,3)4/h9,11H,5-8H2,1-4H3,(H,16,17,19)/t11-/m0/s1. The Morgan fingerprint density at radius 2 is 2.18 bits per heavy atom. The molecule has 0 spiro atoms. The number of piperidine rings is 1. The summed E-state index contributed by atoms with van der Waals surface area (Å²) in [6.45, 7) is 8.43. The van der Waals surface area contributed by atoms with E-state index in [2.05, 4.69) is 10.3 Å². The van der Waals surface area contributed by atoms with Crippen LogP contribution in [0.25, 0.3) is 0 Å². The highest BCUT2D eigenvalue weighted by Gasteiger charge is 2.31. The van der Waals surface area contributed by atoms with Crippen LogP contribution in [-0.4, -0.2) is 40.6 Å². The Kier molecular flexibility index (Phi) is 5.05. The molecule has 1 saturated heterocycles. The van der Waals surface area contributed by atoms with E-state index in [1.165, 1.54) is 11.3 Å². The van der Waals surface area contributed by atoms with Crippen molar-refractivity contribution in [1.29, 1.82) is 0 Å². The lowest BCUT2D eigenvalue weighted by molar-refractivity contribution is -0.121. The van der Waals surface area contributed by atoms with Crippen LogP contribution in [0.2, 0.25) is 0 Å². The molecule has 1 aliphatic heterocycles. The molecule has 0 bridgehead atoms. The maximum atomic E-state index is 12.3. The van der Waals surface area contributed by atoms with Crippen molar-refractivity contribution in [2.24, 2.45) is 5.92 Å². The number of ether oxygens (including phenoxy) is 1. The molecule has 1 fully saturated rings. The van der Waals surface area contributed by atoms with Crippen molar-refractivity contribution in [3.63, 3.8) is 0 Å². The van der Waals surface area contributed by atoms with Crippen molar-refractivity contribution in [2.45, 2.75) is 46.1 Å². The first-order valence-electron chi connectivity index (χ1n) is 7.45. The molecule has 0 aromatic carbocycles. The van der Waals surface area contributed by atoms with E-state index in [9.17, 15) is 9.59 Å². The molecule has 2 amide bonds. The predicted octanol–water partition coefficient (Wildman–Crippen LogP) is 3.04. The van der Waals surface area contributed by atoms with Gasteiger partial charge in [0.25, 0.3) is 0 Å². The lowest BCUT2D eigenvalue weighted by Gasteiger charge is -2.33. The van der Waals surface area contributed by atoms with E-state index in [-0.39, 0.29) is 17.9 Å². The maximum Gasteiger partial charge on any atom is 0.410 e. The van der Waals surface area contributed by atoms with E-state index in [0.717, 1.165) is 18.5 Å². The Morgan fingerprint density at radius 3 is 2.77 bits per heavy atom. The van der Waals surface area contributed by atoms with Gasteiger partial charge in [-0.2, -0.15) is 0 Å². The smallest absolute Gasteiger partial charge is 0.410 e. The van der Waals surface area contributed by atoms with Crippen LogP contribution in [0.4, 0.5) is 9.93 Å². The van der Waals surface area contributed by atoms with Crippen molar-refractivity contribution in [1.82, 2.24) is 9.88 Å². The van der Waals surface area contributed by atoms with Crippen LogP contribution in [0.15, 0.2) is 5.38 Å². The molecular weight excluding hydrogens is 302 g/mol. The zero-order valence-corrected chi connectivity index (χ0v) is 14.3. The van der Waals surface area contributed by atoms with E-state index in [1.54, 1.807) is 4.90 Å². The normalized spacial score (nSPS) is 18.9. The Morgan fingerprint density at radius 1 is 1.45 bits per heavy atom. The number of thiazole rings is 1. The zero-order valence-electron chi connectivity index (χ0n) is 13.5. The average molecular weight is 325 g/mol. The maximum absolute atomic E-state index is 12.3. The lowest BCUT2D eigenvalue weighted by Crippen LogP contribution is -2.45. The number of nitrogens with one attached hydrogen (secondary N) is 1. The van der Waals surface area contributed by atoms with Gasteiger partial charge in [-0.05, 0) is 40.5 Å². The van der Waals surface area contributed by atoms with Gasteiger partial charge in [0.1, 0.15) is 5.60 Å². The molecule has 0 aliphatic carbocycles. The first kappa shape index (κ1) is 16.7. The molecule has 7 heteroatoms. The van der Waals surface area contributed by atoms with Gasteiger partial charge < -0.3 is 15.0 Å². The van der Waals surface area contributed by atoms with Crippen LogP contribution in [0.5, 0.6) is 0 Å². The van der Waals surface area contributed by atoms with Crippen molar-refractivity contribution in [3.05, 3.63) is 11.1 Å². The number of carbonyl (C=O) groups is 2. The van der Waals surface area contributed by atoms with Crippen molar-refractivity contribution in [3.8, 4) is 0 Å². The lowest BCUT2D eigenvalue weighted by atomic mass is 9.97. The third-order valence-corrected chi connectivity index (χ3v) is 4.17. The minimum atomic E-state index is -0.523. The number of amides is 2. The summed E-state index contributed by atoms with van der Waals surface area (Å²) < 4.78 is 5.37. The van der Waals surface area contributed by atoms with Crippen LogP contribution in [-0.2, 0) is 9.53 Å². The predicted molar refractivity (Wildman–Crippen MR) is 86.0 cm³/mol. The summed E-state index contributed by atoms with van der Waals surface area (Å²) in [5.74, 6) is -0.298. The van der Waals surface area contributed by atoms with Gasteiger partial charge >= 0.3 is 6.09 Å². The summed E-state index contributed by atoms with van der Waals surface area (Å²) in [5, 5.41) is 5.33. The topological polar surface area (TPSA) is 71.5 Å². The van der Waals surface area contributed by atoms with Gasteiger partial charge in [0.2, 0.25) is 5.91 Å². The molecule has 1 N–H and O–H groups in total. The third-order valence-electron chi connectivity index (χ3n) is 3.29. The summed E-state index contributed by atoms with van der Waals surface area (Å²) in [7, 11) is 0. The molecule has 2 rings (SSSR count). The number of hydrogen-bond acceptors (Lipinski definition) is 5. The zero-order chi connectivity index (χ0) is 16.3. The molecule has 0 saturated carbocycles. The van der Waals surface area contributed by atoms with E-state index < -0.39 is 5.60 Å². The molecule has 2 heterocycles. The molecule has 1 atom stereocenters. The fraction of sp³-hybridized carbons (Fsp3) is 0.667. The summed E-state index contributed by atoms with van der Waals surface area (Å²) >= 11 is 1.41. The van der Waals surface area contributed by atoms with Gasteiger partial charge in [-0.3, -0.25) is 4.79 Å². The van der Waals surface area contributed by atoms with Gasteiger partial charge in [0.15, 0.2) is 5.13 Å². The van der Waals surface area contributed by atoms with E-state index in [4.69, 9.17) is 4.74 Å². The van der Waals surface area contributed by atoms with Gasteiger partial charge in [0.05, 0.1) is 11.6 Å². The molecule has 1 aromatic heterocycles. The minimum absolute atomic E-state index is 0.0809. The highest BCUT2D eigenvalue weighted by atomic mass is 32.1. The minimum Gasteiger partial charge on any atom is -0.444 e. The van der Waals surface area contributed by atoms with Crippen molar-refractivity contribution >= 4 is 28.5 Å². The second-order valence-electron chi connectivity index (χ2n) is 6.55. The third kappa shape index (κ3) is 4.69. The Bertz CT molecular complexity index is 550. The summed E-state index contributed by atoms with van der Waals surface area (Å²) in [5.41, 5.74) is 0.365. The highest BCUT2D eigenvalue weighted by molar-refractivity contribution is 7.13. The van der Waals surface area contributed by atoms with E-state index in [1.807, 2.05) is 33.1 Å². The highest BCUT2D eigenvalue weighted by Crippen LogP contribution is 2.22. The second kappa shape index (κ2) is 6.64. The van der Waals surface area contributed by atoms with E-state index in [0.29, 0.717) is 18.2 Å². The average Bonchev–Trinajstić information content (AvgIpc) is 2.82. The van der Waals surface area contributed by atoms with Crippen molar-refractivity contribution < 1.29 is 14.3 Å². The van der Waals surface area contributed by atoms with Gasteiger partial charge in [-0.1, -0.05) is 0 Å². The SMILES string of the molecule is Cc1csc(NC(=O)[C@H]2CCCN(C(=O)OC(C)(C)C)C2)n1. The number of likely N-dealkylation sites (tertiary alicyclic amines) is 1. The molecule has 122 valence electrons. The number of carbonyl (C=O) groups excluding carboxylic acids is 2. The number of rotatable bonds is 2. The van der Waals surface area contributed by atoms with Crippen LogP contribution < -0.4 is 5.32 Å². The number of aromatic nitrogens is 1. The molecule has 6 nitrogen and oxygen atoms in total. The molecule has 0 unspecified atom stereocenters. The first-order valence-corrected chi connectivity index (χ1v) is 8.33. The molecule has 0 radical (unpaired) electrons. The molecule has 22 heavy (non-hydrogen) atoms. The molecule has 1 aromatic rings. The fourth-order valence-electron chi connectivity index (χ4n) is 2.30. The number of anilines is 1. The van der Waals surface area contributed by atoms with Crippen molar-refractivity contribution in [2.75, 3.05) is 18.4 Å². The first-order chi connectivity index (χ1) is 10.2. The monoisotopic (exact) mass is 325 g/mol. The van der Waals surface area contributed by atoms with Gasteiger partial charge in [0, 0.05) is 18.5 Å². The number of hydrogen-bond donors (Lipinski definition) is 1. The number of aryl methyl sites for hydroxylation is 1. The summed E-state index contributed by atoms with van der Waals surface area (Å²) in [6.07, 6.45) is 1.22. The van der Waals surface area contributed by atoms with Crippen LogP contribution in [0.3, 0.4) is 0 Å². The Labute approximate surface area is 134 Å². The Hall–Kier alpha value is -1.63. The number of nitrogens with zero attached hydrogens (tertiary/aromatic N) is 2.